The number of methoxy groups -OCH3 is 1. The van der Waals surface area contributed by atoms with Crippen molar-refractivity contribution in [2.45, 2.75) is 19.1 Å². The third kappa shape index (κ3) is 3.86. The van der Waals surface area contributed by atoms with Gasteiger partial charge in [-0.1, -0.05) is 0 Å². The van der Waals surface area contributed by atoms with Crippen LogP contribution in [0.1, 0.15) is 6.92 Å². The van der Waals surface area contributed by atoms with E-state index in [9.17, 15) is 30.1 Å². The van der Waals surface area contributed by atoms with Crippen LogP contribution in [0.4, 0.5) is 17.1 Å². The molecular weight excluding hydrogens is 286 g/mol. The van der Waals surface area contributed by atoms with Gasteiger partial charge in [0, 0.05) is 6.07 Å². The Balaban J connectivity index is 3.20. The van der Waals surface area contributed by atoms with Crippen LogP contribution in [0.15, 0.2) is 18.2 Å². The summed E-state index contributed by atoms with van der Waals surface area (Å²) in [5.41, 5.74) is -1.18. The molecule has 0 spiro atoms. The second-order valence-corrected chi connectivity index (χ2v) is 4.10. The van der Waals surface area contributed by atoms with Gasteiger partial charge in [0.25, 0.3) is 11.4 Å². The first-order valence-corrected chi connectivity index (χ1v) is 5.73. The van der Waals surface area contributed by atoms with Gasteiger partial charge in [0.15, 0.2) is 6.04 Å². The van der Waals surface area contributed by atoms with Crippen molar-refractivity contribution < 1.29 is 24.5 Å². The van der Waals surface area contributed by atoms with Gasteiger partial charge in [-0.2, -0.15) is 0 Å². The summed E-state index contributed by atoms with van der Waals surface area (Å²) in [5.74, 6) is -0.822. The van der Waals surface area contributed by atoms with E-state index in [4.69, 9.17) is 0 Å². The fourth-order valence-corrected chi connectivity index (χ4v) is 1.58. The molecule has 10 heteroatoms. The van der Waals surface area contributed by atoms with Crippen LogP contribution >= 0.6 is 0 Å². The molecule has 0 aromatic heterocycles. The number of carbonyl (C=O) groups is 1. The van der Waals surface area contributed by atoms with Crippen LogP contribution in [0.25, 0.3) is 0 Å². The largest absolute Gasteiger partial charge is 0.467 e. The fraction of sp³-hybridized carbons (Fsp3) is 0.364. The van der Waals surface area contributed by atoms with Gasteiger partial charge >= 0.3 is 5.97 Å². The molecule has 0 saturated heterocycles. The zero-order chi connectivity index (χ0) is 16.2. The van der Waals surface area contributed by atoms with Gasteiger partial charge < -0.3 is 15.2 Å². The molecule has 0 bridgehead atoms. The lowest BCUT2D eigenvalue weighted by Gasteiger charge is -2.19. The summed E-state index contributed by atoms with van der Waals surface area (Å²) in [6.07, 6.45) is -1.19. The standard InChI is InChI=1S/C11H13N3O7/c1-6(15)10(11(16)21-2)12-8-4-3-7(13(17)18)5-9(8)14(19)20/h3-6,10,12,15H,1-2H3/t6-,10-/m1/s1. The first kappa shape index (κ1) is 16.3. The van der Waals surface area contributed by atoms with Crippen LogP contribution in [0, 0.1) is 20.2 Å². The molecule has 1 aromatic carbocycles. The average molecular weight is 299 g/mol. The normalized spacial score (nSPS) is 13.1. The van der Waals surface area contributed by atoms with E-state index in [0.717, 1.165) is 25.3 Å². The number of non-ortho nitro benzene ring substituents is 1. The van der Waals surface area contributed by atoms with Crippen molar-refractivity contribution in [1.29, 1.82) is 0 Å². The number of hydrogen-bond acceptors (Lipinski definition) is 8. The highest BCUT2D eigenvalue weighted by Gasteiger charge is 2.28. The molecule has 0 aliphatic heterocycles. The minimum Gasteiger partial charge on any atom is -0.467 e. The van der Waals surface area contributed by atoms with Crippen molar-refractivity contribution in [1.82, 2.24) is 0 Å². The highest BCUT2D eigenvalue weighted by Crippen LogP contribution is 2.29. The van der Waals surface area contributed by atoms with Gasteiger partial charge in [0.2, 0.25) is 0 Å². The molecule has 2 atom stereocenters. The minimum absolute atomic E-state index is 0.137. The number of aliphatic hydroxyl groups is 1. The Bertz CT molecular complexity index is 573. The van der Waals surface area contributed by atoms with Crippen LogP contribution in [-0.2, 0) is 9.53 Å². The van der Waals surface area contributed by atoms with Crippen LogP contribution in [0.2, 0.25) is 0 Å². The Morgan fingerprint density at radius 1 is 1.33 bits per heavy atom. The second kappa shape index (κ2) is 6.61. The number of nitro groups is 2. The summed E-state index contributed by atoms with van der Waals surface area (Å²) < 4.78 is 4.47. The maximum absolute atomic E-state index is 11.5. The van der Waals surface area contributed by atoms with E-state index in [1.54, 1.807) is 0 Å². The third-order valence-electron chi connectivity index (χ3n) is 2.64. The Hall–Kier alpha value is -2.75. The summed E-state index contributed by atoms with van der Waals surface area (Å²) in [5, 5.41) is 33.5. The van der Waals surface area contributed by atoms with E-state index >= 15 is 0 Å². The number of carbonyl (C=O) groups excluding carboxylic acids is 1. The fourth-order valence-electron chi connectivity index (χ4n) is 1.58. The highest BCUT2D eigenvalue weighted by atomic mass is 16.6. The number of rotatable bonds is 6. The van der Waals surface area contributed by atoms with E-state index < -0.39 is 39.3 Å². The zero-order valence-electron chi connectivity index (χ0n) is 11.2. The van der Waals surface area contributed by atoms with Crippen molar-refractivity contribution >= 4 is 23.0 Å². The molecule has 0 aliphatic rings. The van der Waals surface area contributed by atoms with Crippen molar-refractivity contribution in [2.75, 3.05) is 12.4 Å². The molecule has 10 nitrogen and oxygen atoms in total. The minimum atomic E-state index is -1.24. The monoisotopic (exact) mass is 299 g/mol. The van der Waals surface area contributed by atoms with Crippen LogP contribution in [0.5, 0.6) is 0 Å². The molecule has 0 radical (unpaired) electrons. The molecule has 1 rings (SSSR count). The maximum atomic E-state index is 11.5. The summed E-state index contributed by atoms with van der Waals surface area (Å²) in [7, 11) is 1.10. The SMILES string of the molecule is COC(=O)[C@H](Nc1ccc([N+](=O)[O-])cc1[N+](=O)[O-])[C@@H](C)O. The topological polar surface area (TPSA) is 145 Å². The smallest absolute Gasteiger partial charge is 0.330 e. The van der Waals surface area contributed by atoms with Crippen LogP contribution in [-0.4, -0.2) is 40.2 Å². The number of benzene rings is 1. The summed E-state index contributed by atoms with van der Waals surface area (Å²) in [6, 6.07) is 1.66. The Kier molecular flexibility index (Phi) is 5.13. The van der Waals surface area contributed by atoms with Crippen molar-refractivity contribution in [3.63, 3.8) is 0 Å². The van der Waals surface area contributed by atoms with E-state index in [1.165, 1.54) is 6.92 Å². The lowest BCUT2D eigenvalue weighted by Crippen LogP contribution is -2.40. The number of anilines is 1. The van der Waals surface area contributed by atoms with E-state index in [0.29, 0.717) is 0 Å². The molecule has 0 fully saturated rings. The predicted molar refractivity (Wildman–Crippen MR) is 70.9 cm³/mol. The number of nitrogens with one attached hydrogen (secondary N) is 1. The van der Waals surface area contributed by atoms with Crippen molar-refractivity contribution in [3.8, 4) is 0 Å². The summed E-state index contributed by atoms with van der Waals surface area (Å²) in [6.45, 7) is 1.30. The highest BCUT2D eigenvalue weighted by molar-refractivity contribution is 5.81. The molecule has 0 amide bonds. The van der Waals surface area contributed by atoms with E-state index in [2.05, 4.69) is 10.1 Å². The Morgan fingerprint density at radius 3 is 2.38 bits per heavy atom. The number of nitro benzene ring substituents is 2. The lowest BCUT2D eigenvalue weighted by atomic mass is 10.1. The molecular formula is C11H13N3O7. The van der Waals surface area contributed by atoms with Gasteiger partial charge in [0.1, 0.15) is 5.69 Å². The summed E-state index contributed by atoms with van der Waals surface area (Å²) in [4.78, 5) is 31.5. The lowest BCUT2D eigenvalue weighted by molar-refractivity contribution is -0.393. The molecule has 0 saturated carbocycles. The van der Waals surface area contributed by atoms with Gasteiger partial charge in [0.05, 0.1) is 29.1 Å². The van der Waals surface area contributed by atoms with Crippen LogP contribution < -0.4 is 5.32 Å². The Labute approximate surface area is 118 Å². The summed E-state index contributed by atoms with van der Waals surface area (Å²) >= 11 is 0. The molecule has 2 N–H and O–H groups in total. The number of ether oxygens (including phenoxy) is 1. The van der Waals surface area contributed by atoms with Gasteiger partial charge in [-0.3, -0.25) is 20.2 Å². The first-order valence-electron chi connectivity index (χ1n) is 5.73. The number of hydrogen-bond donors (Lipinski definition) is 2. The first-order chi connectivity index (χ1) is 9.77. The van der Waals surface area contributed by atoms with Gasteiger partial charge in [-0.25, -0.2) is 4.79 Å². The number of esters is 1. The zero-order valence-corrected chi connectivity index (χ0v) is 11.2. The van der Waals surface area contributed by atoms with Gasteiger partial charge in [-0.05, 0) is 13.0 Å². The number of aliphatic hydroxyl groups excluding tert-OH is 1. The third-order valence-corrected chi connectivity index (χ3v) is 2.64. The quantitative estimate of drug-likeness (QED) is 0.446. The molecule has 21 heavy (non-hydrogen) atoms. The van der Waals surface area contributed by atoms with E-state index in [-0.39, 0.29) is 5.69 Å². The molecule has 0 aliphatic carbocycles. The number of nitrogens with zero attached hydrogens (tertiary/aromatic N) is 2. The molecule has 0 heterocycles. The van der Waals surface area contributed by atoms with E-state index in [1.807, 2.05) is 0 Å². The van der Waals surface area contributed by atoms with Crippen LogP contribution in [0.3, 0.4) is 0 Å². The predicted octanol–water partition coefficient (Wildman–Crippen LogP) is 0.837. The van der Waals surface area contributed by atoms with Crippen molar-refractivity contribution in [3.05, 3.63) is 38.4 Å². The second-order valence-electron chi connectivity index (χ2n) is 4.10. The van der Waals surface area contributed by atoms with Crippen molar-refractivity contribution in [2.24, 2.45) is 0 Å². The van der Waals surface area contributed by atoms with Gasteiger partial charge in [-0.15, -0.1) is 0 Å². The maximum Gasteiger partial charge on any atom is 0.330 e. The molecule has 0 unspecified atom stereocenters. The molecule has 114 valence electrons. The molecule has 1 aromatic rings. The average Bonchev–Trinajstić information content (AvgIpc) is 2.43. The Morgan fingerprint density at radius 2 is 1.95 bits per heavy atom.